The van der Waals surface area contributed by atoms with Gasteiger partial charge in [0.2, 0.25) is 5.16 Å². The summed E-state index contributed by atoms with van der Waals surface area (Å²) in [6.45, 7) is 2.47. The van der Waals surface area contributed by atoms with Crippen molar-refractivity contribution in [1.82, 2.24) is 20.2 Å². The molecule has 0 unspecified atom stereocenters. The normalized spacial score (nSPS) is 14.3. The van der Waals surface area contributed by atoms with Gasteiger partial charge in [-0.3, -0.25) is 14.9 Å². The minimum absolute atomic E-state index is 0.151. The maximum atomic E-state index is 13.1. The van der Waals surface area contributed by atoms with Crippen LogP contribution in [0.4, 0.5) is 11.4 Å². The van der Waals surface area contributed by atoms with Gasteiger partial charge in [-0.05, 0) is 71.6 Å². The maximum absolute atomic E-state index is 13.1. The van der Waals surface area contributed by atoms with Crippen LogP contribution in [0.15, 0.2) is 52.5 Å². The first-order chi connectivity index (χ1) is 15.5. The first-order valence-corrected chi connectivity index (χ1v) is 11.5. The van der Waals surface area contributed by atoms with Gasteiger partial charge in [0.15, 0.2) is 0 Å². The lowest BCUT2D eigenvalue weighted by Crippen LogP contribution is -2.14. The van der Waals surface area contributed by atoms with Crippen molar-refractivity contribution in [2.75, 3.05) is 5.32 Å². The molecule has 166 valence electrons. The fourth-order valence-electron chi connectivity index (χ4n) is 3.94. The number of nitrogens with one attached hydrogen (secondary N) is 1. The minimum atomic E-state index is -0.514. The number of aryl methyl sites for hydroxylation is 1. The molecular weight excluding hydrogens is 428 g/mol. The molecule has 1 aromatic heterocycles. The number of tetrazole rings is 1. The summed E-state index contributed by atoms with van der Waals surface area (Å²) in [5, 5.41) is 26.2. The Kier molecular flexibility index (Phi) is 6.79. The van der Waals surface area contributed by atoms with E-state index in [1.54, 1.807) is 10.7 Å². The second-order valence-corrected chi connectivity index (χ2v) is 8.74. The van der Waals surface area contributed by atoms with E-state index in [0.29, 0.717) is 28.2 Å². The third-order valence-electron chi connectivity index (χ3n) is 5.66. The lowest BCUT2D eigenvalue weighted by Gasteiger charge is -2.22. The Morgan fingerprint density at radius 2 is 1.94 bits per heavy atom. The van der Waals surface area contributed by atoms with Crippen molar-refractivity contribution in [3.63, 3.8) is 0 Å². The predicted octanol–water partition coefficient (Wildman–Crippen LogP) is 5.05. The van der Waals surface area contributed by atoms with Gasteiger partial charge >= 0.3 is 0 Å². The zero-order valence-corrected chi connectivity index (χ0v) is 18.5. The van der Waals surface area contributed by atoms with Gasteiger partial charge in [0.05, 0.1) is 10.5 Å². The number of nitro benzene ring substituents is 1. The van der Waals surface area contributed by atoms with E-state index in [0.717, 1.165) is 0 Å². The first kappa shape index (κ1) is 21.9. The van der Waals surface area contributed by atoms with E-state index >= 15 is 0 Å². The second-order valence-electron chi connectivity index (χ2n) is 7.73. The Morgan fingerprint density at radius 1 is 1.19 bits per heavy atom. The van der Waals surface area contributed by atoms with E-state index in [9.17, 15) is 14.9 Å². The van der Waals surface area contributed by atoms with Gasteiger partial charge in [-0.2, -0.15) is 0 Å². The number of nitrogens with zero attached hydrogens (tertiary/aromatic N) is 5. The van der Waals surface area contributed by atoms with Crippen LogP contribution in [0, 0.1) is 10.1 Å². The van der Waals surface area contributed by atoms with Crippen LogP contribution in [0.25, 0.3) is 0 Å². The minimum Gasteiger partial charge on any atom is -0.322 e. The fraction of sp³-hybridized carbons (Fsp3) is 0.364. The number of benzene rings is 2. The molecule has 0 atom stereocenters. The van der Waals surface area contributed by atoms with E-state index in [-0.39, 0.29) is 11.3 Å². The molecule has 1 aliphatic carbocycles. The van der Waals surface area contributed by atoms with E-state index < -0.39 is 10.8 Å². The quantitative estimate of drug-likeness (QED) is 0.394. The fourth-order valence-corrected chi connectivity index (χ4v) is 4.88. The number of anilines is 1. The predicted molar refractivity (Wildman–Crippen MR) is 121 cm³/mol. The van der Waals surface area contributed by atoms with Gasteiger partial charge in [-0.1, -0.05) is 31.4 Å². The van der Waals surface area contributed by atoms with Crippen LogP contribution in [0.5, 0.6) is 0 Å². The molecule has 10 heteroatoms. The molecule has 0 radical (unpaired) electrons. The van der Waals surface area contributed by atoms with Crippen LogP contribution in [0.2, 0.25) is 0 Å². The van der Waals surface area contributed by atoms with Crippen LogP contribution in [0.3, 0.4) is 0 Å². The summed E-state index contributed by atoms with van der Waals surface area (Å²) in [6.07, 6.45) is 6.24. The van der Waals surface area contributed by atoms with Gasteiger partial charge in [-0.15, -0.1) is 5.10 Å². The van der Waals surface area contributed by atoms with E-state index in [1.807, 2.05) is 19.1 Å². The molecule has 1 amide bonds. The standard InChI is InChI=1S/C22H24N6O3S/c1-2-27-22(24-25-26-27)32-20-13-12-18(28(30)31)14-19(20)21(29)23-17-10-8-16(9-11-17)15-6-4-3-5-7-15/h8-15H,2-7H2,1H3,(H,23,29). The molecule has 1 fully saturated rings. The summed E-state index contributed by atoms with van der Waals surface area (Å²) in [7, 11) is 0. The smallest absolute Gasteiger partial charge is 0.270 e. The number of nitro groups is 1. The van der Waals surface area contributed by atoms with Crippen LogP contribution < -0.4 is 5.32 Å². The number of non-ortho nitro benzene ring substituents is 1. The Balaban J connectivity index is 1.56. The summed E-state index contributed by atoms with van der Waals surface area (Å²) < 4.78 is 1.59. The summed E-state index contributed by atoms with van der Waals surface area (Å²) in [5.74, 6) is 0.162. The van der Waals surface area contributed by atoms with Crippen LogP contribution >= 0.6 is 11.8 Å². The number of aromatic nitrogens is 4. The number of hydrogen-bond acceptors (Lipinski definition) is 7. The topological polar surface area (TPSA) is 116 Å². The highest BCUT2D eigenvalue weighted by atomic mass is 32.2. The summed E-state index contributed by atoms with van der Waals surface area (Å²) >= 11 is 1.20. The average molecular weight is 453 g/mol. The highest BCUT2D eigenvalue weighted by Gasteiger charge is 2.20. The molecule has 9 nitrogen and oxygen atoms in total. The number of carbonyl (C=O) groups is 1. The highest BCUT2D eigenvalue weighted by Crippen LogP contribution is 2.34. The Morgan fingerprint density at radius 3 is 2.62 bits per heavy atom. The average Bonchev–Trinajstić information content (AvgIpc) is 3.27. The summed E-state index contributed by atoms with van der Waals surface area (Å²) in [4.78, 5) is 24.4. The zero-order chi connectivity index (χ0) is 22.5. The number of amides is 1. The lowest BCUT2D eigenvalue weighted by atomic mass is 9.84. The summed E-state index contributed by atoms with van der Waals surface area (Å²) in [6, 6.07) is 12.1. The van der Waals surface area contributed by atoms with Gasteiger partial charge < -0.3 is 5.32 Å². The Labute approximate surface area is 189 Å². The van der Waals surface area contributed by atoms with Gasteiger partial charge in [-0.25, -0.2) is 4.68 Å². The molecule has 2 aromatic carbocycles. The zero-order valence-electron chi connectivity index (χ0n) is 17.7. The molecule has 1 saturated carbocycles. The van der Waals surface area contributed by atoms with Crippen molar-refractivity contribution >= 4 is 29.0 Å². The van der Waals surface area contributed by atoms with Gasteiger partial charge in [0, 0.05) is 29.3 Å². The van der Waals surface area contributed by atoms with E-state index in [4.69, 9.17) is 0 Å². The van der Waals surface area contributed by atoms with Gasteiger partial charge in [0.25, 0.3) is 11.6 Å². The monoisotopic (exact) mass is 452 g/mol. The van der Waals surface area contributed by atoms with Crippen molar-refractivity contribution in [2.24, 2.45) is 0 Å². The van der Waals surface area contributed by atoms with E-state index in [2.05, 4.69) is 33.0 Å². The van der Waals surface area contributed by atoms with Crippen molar-refractivity contribution in [1.29, 1.82) is 0 Å². The lowest BCUT2D eigenvalue weighted by molar-refractivity contribution is -0.384. The van der Waals surface area contributed by atoms with Gasteiger partial charge in [0.1, 0.15) is 0 Å². The molecule has 1 aliphatic rings. The van der Waals surface area contributed by atoms with Crippen LogP contribution in [0.1, 0.15) is 60.9 Å². The number of carbonyl (C=O) groups excluding carboxylic acids is 1. The highest BCUT2D eigenvalue weighted by molar-refractivity contribution is 7.99. The van der Waals surface area contributed by atoms with Crippen molar-refractivity contribution in [3.8, 4) is 0 Å². The SMILES string of the molecule is CCn1nnnc1Sc1ccc([N+](=O)[O-])cc1C(=O)Nc1ccc(C2CCCCC2)cc1. The molecule has 32 heavy (non-hydrogen) atoms. The first-order valence-electron chi connectivity index (χ1n) is 10.7. The van der Waals surface area contributed by atoms with Crippen LogP contribution in [-0.2, 0) is 6.54 Å². The van der Waals surface area contributed by atoms with E-state index in [1.165, 1.54) is 61.6 Å². The molecule has 4 rings (SSSR count). The van der Waals surface area contributed by atoms with Crippen molar-refractivity contribution in [3.05, 3.63) is 63.7 Å². The third kappa shape index (κ3) is 4.96. The molecular formula is C22H24N6O3S. The van der Waals surface area contributed by atoms with Crippen LogP contribution in [-0.4, -0.2) is 31.0 Å². The third-order valence-corrected chi connectivity index (χ3v) is 6.71. The molecule has 0 aliphatic heterocycles. The summed E-state index contributed by atoms with van der Waals surface area (Å²) in [5.41, 5.74) is 1.99. The molecule has 3 aromatic rings. The Bertz CT molecular complexity index is 1110. The molecule has 0 spiro atoms. The molecule has 1 N–H and O–H groups in total. The Hall–Kier alpha value is -3.27. The molecule has 0 saturated heterocycles. The second kappa shape index (κ2) is 9.90. The maximum Gasteiger partial charge on any atom is 0.270 e. The largest absolute Gasteiger partial charge is 0.322 e. The van der Waals surface area contributed by atoms with Crippen molar-refractivity contribution < 1.29 is 9.72 Å². The number of hydrogen-bond donors (Lipinski definition) is 1. The van der Waals surface area contributed by atoms with Crippen molar-refractivity contribution in [2.45, 2.75) is 61.5 Å². The number of rotatable bonds is 7. The molecule has 1 heterocycles. The molecule has 0 bridgehead atoms.